The second-order valence-electron chi connectivity index (χ2n) is 9.46. The molecular weight excluding hydrogens is 570 g/mol. The molecule has 1 fully saturated rings. The summed E-state index contributed by atoms with van der Waals surface area (Å²) in [5.74, 6) is -0.0231. The summed E-state index contributed by atoms with van der Waals surface area (Å²) in [4.78, 5) is 5.51. The molecule has 1 aliphatic carbocycles. The Morgan fingerprint density at radius 1 is 1.18 bits per heavy atom. The number of nitrogens with zero attached hydrogens (tertiary/aromatic N) is 3. The molecule has 0 radical (unpaired) electrons. The summed E-state index contributed by atoms with van der Waals surface area (Å²) in [7, 11) is 2.25. The van der Waals surface area contributed by atoms with Crippen molar-refractivity contribution in [2.45, 2.75) is 49.0 Å². The molecule has 8 nitrogen and oxygen atoms in total. The molecule has 212 valence electrons. The lowest BCUT2D eigenvalue weighted by molar-refractivity contribution is 0.139. The first-order valence-corrected chi connectivity index (χ1v) is 14.9. The van der Waals surface area contributed by atoms with E-state index in [1.54, 1.807) is 23.6 Å². The molecule has 1 aromatic heterocycles. The third kappa shape index (κ3) is 6.40. The van der Waals surface area contributed by atoms with Crippen LogP contribution in [0.3, 0.4) is 0 Å². The predicted octanol–water partition coefficient (Wildman–Crippen LogP) is 5.58. The number of aromatic nitrogens is 1. The van der Waals surface area contributed by atoms with E-state index in [1.165, 1.54) is 20.4 Å². The maximum Gasteiger partial charge on any atom is 0.269 e. The van der Waals surface area contributed by atoms with Gasteiger partial charge in [-0.3, -0.25) is 0 Å². The van der Waals surface area contributed by atoms with Crippen molar-refractivity contribution in [2.24, 2.45) is 0 Å². The van der Waals surface area contributed by atoms with Gasteiger partial charge in [0.25, 0.3) is 10.0 Å². The van der Waals surface area contributed by atoms with Crippen LogP contribution in [0.2, 0.25) is 5.02 Å². The van der Waals surface area contributed by atoms with E-state index in [0.717, 1.165) is 27.8 Å². The highest BCUT2D eigenvalue weighted by Gasteiger charge is 2.34. The number of rotatable bonds is 10. The molecule has 13 heteroatoms. The number of hydrogen-bond donors (Lipinski definition) is 1. The van der Waals surface area contributed by atoms with Gasteiger partial charge in [0.05, 0.1) is 31.5 Å². The van der Waals surface area contributed by atoms with Crippen LogP contribution in [0.4, 0.5) is 19.6 Å². The second kappa shape index (κ2) is 12.2. The van der Waals surface area contributed by atoms with E-state index in [2.05, 4.69) is 10.3 Å². The highest BCUT2D eigenvalue weighted by atomic mass is 35.5. The van der Waals surface area contributed by atoms with Crippen LogP contribution in [0.25, 0.3) is 0 Å². The minimum atomic E-state index is -4.45. The zero-order valence-corrected chi connectivity index (χ0v) is 24.4. The first-order valence-electron chi connectivity index (χ1n) is 12.2. The summed E-state index contributed by atoms with van der Waals surface area (Å²) < 4.78 is 69.0. The quantitative estimate of drug-likeness (QED) is 0.325. The lowest BCUT2D eigenvalue weighted by Gasteiger charge is -2.38. The first-order chi connectivity index (χ1) is 18.5. The van der Waals surface area contributed by atoms with Gasteiger partial charge in [-0.15, -0.1) is 11.3 Å². The van der Waals surface area contributed by atoms with Crippen molar-refractivity contribution in [2.75, 3.05) is 37.9 Å². The molecule has 1 N–H and O–H groups in total. The number of sulfonamides is 1. The Kier molecular flexibility index (Phi) is 9.20. The molecule has 1 saturated carbocycles. The van der Waals surface area contributed by atoms with Crippen molar-refractivity contribution in [1.82, 2.24) is 9.88 Å². The summed E-state index contributed by atoms with van der Waals surface area (Å²) in [5.41, 5.74) is 0.778. The van der Waals surface area contributed by atoms with Crippen LogP contribution in [0.15, 0.2) is 46.8 Å². The van der Waals surface area contributed by atoms with Crippen LogP contribution < -0.4 is 19.1 Å². The molecule has 0 spiro atoms. The molecule has 0 unspecified atom stereocenters. The fraction of sp³-hybridized carbons (Fsp3) is 0.423. The van der Waals surface area contributed by atoms with E-state index in [-0.39, 0.29) is 34.5 Å². The van der Waals surface area contributed by atoms with Crippen molar-refractivity contribution in [3.63, 3.8) is 0 Å². The highest BCUT2D eigenvalue weighted by molar-refractivity contribution is 7.93. The fourth-order valence-electron chi connectivity index (χ4n) is 4.72. The van der Waals surface area contributed by atoms with Gasteiger partial charge >= 0.3 is 0 Å². The molecule has 1 aliphatic rings. The van der Waals surface area contributed by atoms with Crippen molar-refractivity contribution < 1.29 is 26.7 Å². The van der Waals surface area contributed by atoms with Crippen LogP contribution >= 0.6 is 22.9 Å². The van der Waals surface area contributed by atoms with E-state index in [1.807, 2.05) is 19.0 Å². The van der Waals surface area contributed by atoms with Crippen LogP contribution in [0, 0.1) is 5.82 Å². The topological polar surface area (TPSA) is 84.0 Å². The fourth-order valence-corrected chi connectivity index (χ4v) is 7.35. The Balaban J connectivity index is 1.68. The SMILES string of the molecule is COc1ccc(CN(c2nccs2)S(=O)(=O)c2cc(Cl)c(N[C@H]3CC[C@@H](F)C[C@@H]3N(C)C)cc2F)c(OC)c1. The standard InChI is InChI=1S/C26H31ClF2N4O4S2/c1-32(2)23-11-17(28)6-8-21(23)31-22-14-20(29)25(13-19(22)27)39(34,35)33(26-30-9-10-38-26)15-16-5-7-18(36-3)12-24(16)37-4/h5,7,9-10,12-14,17,21,23,31H,6,8,11,15H2,1-4H3/t17-,21+,23+/m1/s1. The Hall–Kier alpha value is -2.67. The molecule has 3 aromatic rings. The van der Waals surface area contributed by atoms with E-state index in [0.29, 0.717) is 36.3 Å². The zero-order chi connectivity index (χ0) is 28.3. The van der Waals surface area contributed by atoms with E-state index in [4.69, 9.17) is 21.1 Å². The summed E-state index contributed by atoms with van der Waals surface area (Å²) in [5, 5.41) is 5.04. The van der Waals surface area contributed by atoms with Gasteiger partial charge < -0.3 is 19.7 Å². The Bertz CT molecular complexity index is 1390. The molecule has 1 heterocycles. The Morgan fingerprint density at radius 2 is 1.95 bits per heavy atom. The van der Waals surface area contributed by atoms with Crippen molar-refractivity contribution in [3.05, 3.63) is 58.3 Å². The number of ether oxygens (including phenoxy) is 2. The number of likely N-dealkylation sites (N-methyl/N-ethyl adjacent to an activating group) is 1. The largest absolute Gasteiger partial charge is 0.497 e. The molecular formula is C26H31ClF2N4O4S2. The number of alkyl halides is 1. The third-order valence-electron chi connectivity index (χ3n) is 6.79. The van der Waals surface area contributed by atoms with Gasteiger partial charge in [0, 0.05) is 35.3 Å². The zero-order valence-electron chi connectivity index (χ0n) is 22.0. The summed E-state index contributed by atoms with van der Waals surface area (Å²) in [6.45, 7) is -0.170. The van der Waals surface area contributed by atoms with E-state index < -0.39 is 26.9 Å². The Morgan fingerprint density at radius 3 is 2.59 bits per heavy atom. The molecule has 4 rings (SSSR count). The first kappa shape index (κ1) is 29.3. The number of methoxy groups -OCH3 is 2. The molecule has 0 saturated heterocycles. The minimum absolute atomic E-state index is 0.0379. The van der Waals surface area contributed by atoms with E-state index in [9.17, 15) is 12.8 Å². The van der Waals surface area contributed by atoms with Crippen LogP contribution in [-0.4, -0.2) is 64.9 Å². The van der Waals surface area contributed by atoms with Crippen LogP contribution in [0.5, 0.6) is 11.5 Å². The number of hydrogen-bond acceptors (Lipinski definition) is 8. The predicted molar refractivity (Wildman–Crippen MR) is 150 cm³/mol. The highest BCUT2D eigenvalue weighted by Crippen LogP contribution is 2.36. The van der Waals surface area contributed by atoms with Gasteiger partial charge in [-0.1, -0.05) is 11.6 Å². The smallest absolute Gasteiger partial charge is 0.269 e. The van der Waals surface area contributed by atoms with Gasteiger partial charge in [0.15, 0.2) is 5.13 Å². The van der Waals surface area contributed by atoms with Crippen molar-refractivity contribution in [3.8, 4) is 11.5 Å². The van der Waals surface area contributed by atoms with Gasteiger partial charge in [-0.25, -0.2) is 26.5 Å². The average Bonchev–Trinajstić information content (AvgIpc) is 3.44. The molecule has 3 atom stereocenters. The van der Waals surface area contributed by atoms with Gasteiger partial charge in [-0.2, -0.15) is 0 Å². The van der Waals surface area contributed by atoms with Crippen molar-refractivity contribution in [1.29, 1.82) is 0 Å². The van der Waals surface area contributed by atoms with Crippen molar-refractivity contribution >= 4 is 43.8 Å². The molecule has 0 bridgehead atoms. The molecule has 39 heavy (non-hydrogen) atoms. The summed E-state index contributed by atoms with van der Waals surface area (Å²) in [6.07, 6.45) is 1.82. The van der Waals surface area contributed by atoms with Gasteiger partial charge in [0.2, 0.25) is 0 Å². The normalized spacial score (nSPS) is 19.6. The Labute approximate surface area is 236 Å². The van der Waals surface area contributed by atoms with Gasteiger partial charge in [0.1, 0.15) is 28.4 Å². The monoisotopic (exact) mass is 600 g/mol. The summed E-state index contributed by atoms with van der Waals surface area (Å²) in [6, 6.07) is 6.87. The maximum absolute atomic E-state index is 15.5. The van der Waals surface area contributed by atoms with Crippen LogP contribution in [-0.2, 0) is 16.6 Å². The molecule has 2 aromatic carbocycles. The number of halogens is 3. The lowest BCUT2D eigenvalue weighted by Crippen LogP contribution is -2.48. The average molecular weight is 601 g/mol. The van der Waals surface area contributed by atoms with E-state index >= 15 is 4.39 Å². The number of anilines is 2. The third-order valence-corrected chi connectivity index (χ3v) is 9.76. The number of thiazole rings is 1. The number of benzene rings is 2. The molecule has 0 aliphatic heterocycles. The summed E-state index contributed by atoms with van der Waals surface area (Å²) >= 11 is 7.61. The number of nitrogens with one attached hydrogen (secondary N) is 1. The van der Waals surface area contributed by atoms with Crippen LogP contribution in [0.1, 0.15) is 24.8 Å². The van der Waals surface area contributed by atoms with Gasteiger partial charge in [-0.05, 0) is 57.6 Å². The molecule has 0 amide bonds. The lowest BCUT2D eigenvalue weighted by atomic mass is 9.88. The maximum atomic E-state index is 15.5. The second-order valence-corrected chi connectivity index (χ2v) is 12.6. The minimum Gasteiger partial charge on any atom is -0.497 e.